The Bertz CT molecular complexity index is 185. The van der Waals surface area contributed by atoms with Gasteiger partial charge in [-0.3, -0.25) is 0 Å². The molecule has 0 aliphatic carbocycles. The number of nitrogens with one attached hydrogen (secondary N) is 1. The van der Waals surface area contributed by atoms with E-state index in [0.717, 1.165) is 12.1 Å². The molecule has 2 nitrogen and oxygen atoms in total. The molecule has 0 radical (unpaired) electrons. The molecule has 0 unspecified atom stereocenters. The normalized spacial score (nSPS) is 10.9. The fourth-order valence-corrected chi connectivity index (χ4v) is 1.56. The zero-order valence-corrected chi connectivity index (χ0v) is 11.1. The number of hydrogen-bond donors (Lipinski definition) is 1. The standard InChI is InChI=1S/C14H28N2/c1-4-5-6-7-8-9-10-11-12-15-16-13-14(2)3/h13,15H,2,4-12H2,1,3H3. The highest BCUT2D eigenvalue weighted by Gasteiger charge is 1.90. The van der Waals surface area contributed by atoms with Crippen LogP contribution in [0.3, 0.4) is 0 Å². The van der Waals surface area contributed by atoms with E-state index < -0.39 is 0 Å². The fraction of sp³-hybridized carbons (Fsp3) is 0.786. The predicted molar refractivity (Wildman–Crippen MR) is 73.9 cm³/mol. The monoisotopic (exact) mass is 224 g/mol. The van der Waals surface area contributed by atoms with Gasteiger partial charge in [-0.15, -0.1) is 0 Å². The SMILES string of the molecule is C=C(C)C=NNCCCCCCCCCC. The van der Waals surface area contributed by atoms with E-state index in [9.17, 15) is 0 Å². The highest BCUT2D eigenvalue weighted by atomic mass is 15.3. The molecule has 0 rings (SSSR count). The van der Waals surface area contributed by atoms with Crippen molar-refractivity contribution in [1.29, 1.82) is 0 Å². The summed E-state index contributed by atoms with van der Waals surface area (Å²) in [7, 11) is 0. The zero-order chi connectivity index (χ0) is 12.1. The summed E-state index contributed by atoms with van der Waals surface area (Å²) < 4.78 is 0. The lowest BCUT2D eigenvalue weighted by atomic mass is 10.1. The van der Waals surface area contributed by atoms with Crippen LogP contribution < -0.4 is 5.43 Å². The number of unbranched alkanes of at least 4 members (excludes halogenated alkanes) is 7. The maximum atomic E-state index is 4.05. The second-order valence-corrected chi connectivity index (χ2v) is 4.49. The van der Waals surface area contributed by atoms with Crippen molar-refractivity contribution in [2.45, 2.75) is 65.2 Å². The Hall–Kier alpha value is -0.790. The topological polar surface area (TPSA) is 24.4 Å². The van der Waals surface area contributed by atoms with Gasteiger partial charge in [0.1, 0.15) is 0 Å². The van der Waals surface area contributed by atoms with Crippen LogP contribution in [-0.4, -0.2) is 12.8 Å². The van der Waals surface area contributed by atoms with E-state index in [4.69, 9.17) is 0 Å². The Labute approximate surface area is 101 Å². The maximum absolute atomic E-state index is 4.05. The lowest BCUT2D eigenvalue weighted by Crippen LogP contribution is -2.07. The molecule has 0 heterocycles. The van der Waals surface area contributed by atoms with Crippen LogP contribution in [0.1, 0.15) is 65.2 Å². The van der Waals surface area contributed by atoms with E-state index in [1.54, 1.807) is 6.21 Å². The average molecular weight is 224 g/mol. The molecule has 0 aromatic carbocycles. The third kappa shape index (κ3) is 13.2. The van der Waals surface area contributed by atoms with Crippen LogP contribution in [-0.2, 0) is 0 Å². The van der Waals surface area contributed by atoms with E-state index in [0.29, 0.717) is 0 Å². The number of nitrogens with zero attached hydrogens (tertiary/aromatic N) is 1. The summed E-state index contributed by atoms with van der Waals surface area (Å²) in [5, 5.41) is 4.05. The molecule has 0 aromatic rings. The van der Waals surface area contributed by atoms with E-state index in [1.807, 2.05) is 6.92 Å². The second-order valence-electron chi connectivity index (χ2n) is 4.49. The summed E-state index contributed by atoms with van der Waals surface area (Å²) in [4.78, 5) is 0. The van der Waals surface area contributed by atoms with Gasteiger partial charge in [-0.05, 0) is 18.9 Å². The van der Waals surface area contributed by atoms with Crippen LogP contribution >= 0.6 is 0 Å². The Morgan fingerprint density at radius 1 is 1.06 bits per heavy atom. The van der Waals surface area contributed by atoms with E-state index in [1.165, 1.54) is 51.4 Å². The van der Waals surface area contributed by atoms with Gasteiger partial charge in [0.2, 0.25) is 0 Å². The van der Waals surface area contributed by atoms with Crippen molar-refractivity contribution in [3.05, 3.63) is 12.2 Å². The molecule has 0 atom stereocenters. The highest BCUT2D eigenvalue weighted by Crippen LogP contribution is 2.07. The van der Waals surface area contributed by atoms with Crippen LogP contribution in [0.15, 0.2) is 17.3 Å². The van der Waals surface area contributed by atoms with E-state index >= 15 is 0 Å². The molecule has 0 amide bonds. The zero-order valence-electron chi connectivity index (χ0n) is 11.1. The number of hydrazone groups is 1. The molecule has 2 heteroatoms. The van der Waals surface area contributed by atoms with Crippen molar-refractivity contribution in [2.75, 3.05) is 6.54 Å². The molecular weight excluding hydrogens is 196 g/mol. The smallest absolute Gasteiger partial charge is 0.0491 e. The maximum Gasteiger partial charge on any atom is 0.0491 e. The van der Waals surface area contributed by atoms with E-state index in [-0.39, 0.29) is 0 Å². The summed E-state index contributed by atoms with van der Waals surface area (Å²) >= 11 is 0. The van der Waals surface area contributed by atoms with Crippen molar-refractivity contribution in [3.8, 4) is 0 Å². The first kappa shape index (κ1) is 15.2. The summed E-state index contributed by atoms with van der Waals surface area (Å²) in [6.07, 6.45) is 12.6. The van der Waals surface area contributed by atoms with Crippen LogP contribution in [0.5, 0.6) is 0 Å². The van der Waals surface area contributed by atoms with Crippen LogP contribution in [0, 0.1) is 0 Å². The molecule has 0 spiro atoms. The minimum Gasteiger partial charge on any atom is -0.310 e. The minimum atomic E-state index is 0.985. The Morgan fingerprint density at radius 2 is 1.62 bits per heavy atom. The van der Waals surface area contributed by atoms with Crippen LogP contribution in [0.25, 0.3) is 0 Å². The van der Waals surface area contributed by atoms with Gasteiger partial charge in [0, 0.05) is 12.8 Å². The molecule has 1 N–H and O–H groups in total. The van der Waals surface area contributed by atoms with Gasteiger partial charge in [-0.1, -0.05) is 58.4 Å². The summed E-state index contributed by atoms with van der Waals surface area (Å²) in [5.74, 6) is 0. The lowest BCUT2D eigenvalue weighted by Gasteiger charge is -2.01. The van der Waals surface area contributed by atoms with Gasteiger partial charge in [0.15, 0.2) is 0 Å². The average Bonchev–Trinajstić information content (AvgIpc) is 2.25. The third-order valence-electron chi connectivity index (χ3n) is 2.52. The molecule has 16 heavy (non-hydrogen) atoms. The van der Waals surface area contributed by atoms with Crippen LogP contribution in [0.4, 0.5) is 0 Å². The van der Waals surface area contributed by atoms with Crippen molar-refractivity contribution in [3.63, 3.8) is 0 Å². The van der Waals surface area contributed by atoms with Crippen molar-refractivity contribution >= 4 is 6.21 Å². The van der Waals surface area contributed by atoms with E-state index in [2.05, 4.69) is 24.0 Å². The summed E-state index contributed by atoms with van der Waals surface area (Å²) in [5.41, 5.74) is 4.03. The minimum absolute atomic E-state index is 0.985. The summed E-state index contributed by atoms with van der Waals surface area (Å²) in [6.45, 7) is 8.94. The fourth-order valence-electron chi connectivity index (χ4n) is 1.56. The molecule has 0 bridgehead atoms. The molecule has 0 saturated carbocycles. The molecular formula is C14H28N2. The lowest BCUT2D eigenvalue weighted by molar-refractivity contribution is 0.561. The van der Waals surface area contributed by atoms with Gasteiger partial charge in [0.25, 0.3) is 0 Å². The van der Waals surface area contributed by atoms with Gasteiger partial charge in [-0.25, -0.2) is 0 Å². The molecule has 0 aliphatic heterocycles. The Kier molecular flexibility index (Phi) is 11.7. The van der Waals surface area contributed by atoms with Crippen LogP contribution in [0.2, 0.25) is 0 Å². The molecule has 0 aromatic heterocycles. The number of hydrogen-bond acceptors (Lipinski definition) is 2. The van der Waals surface area contributed by atoms with Gasteiger partial charge >= 0.3 is 0 Å². The first-order valence-electron chi connectivity index (χ1n) is 6.68. The second kappa shape index (κ2) is 12.3. The Balaban J connectivity index is 3.01. The summed E-state index contributed by atoms with van der Waals surface area (Å²) in [6, 6.07) is 0. The van der Waals surface area contributed by atoms with Gasteiger partial charge in [-0.2, -0.15) is 5.10 Å². The van der Waals surface area contributed by atoms with Gasteiger partial charge in [0.05, 0.1) is 0 Å². The molecule has 94 valence electrons. The largest absolute Gasteiger partial charge is 0.310 e. The first-order chi connectivity index (χ1) is 7.77. The number of allylic oxidation sites excluding steroid dienone is 1. The van der Waals surface area contributed by atoms with Crippen molar-refractivity contribution in [1.82, 2.24) is 5.43 Å². The first-order valence-corrected chi connectivity index (χ1v) is 6.68. The highest BCUT2D eigenvalue weighted by molar-refractivity contribution is 5.76. The third-order valence-corrected chi connectivity index (χ3v) is 2.52. The van der Waals surface area contributed by atoms with Crippen molar-refractivity contribution < 1.29 is 0 Å². The van der Waals surface area contributed by atoms with Crippen molar-refractivity contribution in [2.24, 2.45) is 5.10 Å². The number of rotatable bonds is 11. The molecule has 0 saturated heterocycles. The Morgan fingerprint density at radius 3 is 2.19 bits per heavy atom. The predicted octanol–water partition coefficient (Wildman–Crippen LogP) is 4.28. The molecule has 0 fully saturated rings. The quantitative estimate of drug-likeness (QED) is 0.316. The van der Waals surface area contributed by atoms with Gasteiger partial charge < -0.3 is 5.43 Å². The molecule has 0 aliphatic rings.